The van der Waals surface area contributed by atoms with Crippen molar-refractivity contribution in [3.63, 3.8) is 0 Å². The molecule has 0 aliphatic carbocycles. The minimum Gasteiger partial charge on any atom is -0.360 e. The van der Waals surface area contributed by atoms with Gasteiger partial charge in [-0.25, -0.2) is 9.37 Å². The molecule has 0 saturated heterocycles. The molecule has 0 aliphatic rings. The van der Waals surface area contributed by atoms with Crippen molar-refractivity contribution >= 4 is 43.7 Å². The Balaban J connectivity index is 1.67. The molecule has 108 valence electrons. The average molecular weight is 385 g/mol. The Morgan fingerprint density at radius 3 is 3.00 bits per heavy atom. The molecule has 3 aromatic rings. The van der Waals surface area contributed by atoms with Gasteiger partial charge >= 0.3 is 0 Å². The van der Waals surface area contributed by atoms with Crippen LogP contribution < -0.4 is 5.32 Å². The van der Waals surface area contributed by atoms with Crippen molar-refractivity contribution in [2.75, 3.05) is 11.9 Å². The Kier molecular flexibility index (Phi) is 4.57. The summed E-state index contributed by atoms with van der Waals surface area (Å²) in [4.78, 5) is 4.21. The summed E-state index contributed by atoms with van der Waals surface area (Å²) < 4.78 is 14.6. The number of nitrogens with one attached hydrogen (secondary N) is 1. The summed E-state index contributed by atoms with van der Waals surface area (Å²) in [6, 6.07) is 4.78. The van der Waals surface area contributed by atoms with Crippen LogP contribution in [0, 0.1) is 5.82 Å². The predicted octanol–water partition coefficient (Wildman–Crippen LogP) is 4.22. The fourth-order valence-corrected chi connectivity index (χ4v) is 3.49. The minimum atomic E-state index is -0.302. The van der Waals surface area contributed by atoms with Crippen LogP contribution in [0.3, 0.4) is 0 Å². The molecule has 0 bridgehead atoms. The number of halogens is 2. The molecule has 0 unspecified atom stereocenters. The van der Waals surface area contributed by atoms with Gasteiger partial charge in [-0.05, 0) is 18.2 Å². The normalized spacial score (nSPS) is 10.8. The molecule has 0 aliphatic heterocycles. The van der Waals surface area contributed by atoms with E-state index in [0.29, 0.717) is 15.7 Å². The lowest BCUT2D eigenvalue weighted by atomic mass is 10.2. The summed E-state index contributed by atoms with van der Waals surface area (Å²) in [5, 5.41) is 15.5. The Hall–Kier alpha value is -1.38. The highest BCUT2D eigenvalue weighted by Crippen LogP contribution is 2.30. The maximum atomic E-state index is 13.8. The Bertz CT molecular complexity index is 730. The quantitative estimate of drug-likeness (QED) is 0.715. The van der Waals surface area contributed by atoms with E-state index >= 15 is 0 Å². The molecule has 0 radical (unpaired) electrons. The van der Waals surface area contributed by atoms with Crippen LogP contribution in [0.5, 0.6) is 0 Å². The van der Waals surface area contributed by atoms with Gasteiger partial charge in [0, 0.05) is 34.6 Å². The van der Waals surface area contributed by atoms with Crippen LogP contribution in [-0.2, 0) is 6.42 Å². The van der Waals surface area contributed by atoms with Gasteiger partial charge in [0.05, 0.1) is 5.01 Å². The van der Waals surface area contributed by atoms with Crippen molar-refractivity contribution in [2.45, 2.75) is 6.42 Å². The minimum absolute atomic E-state index is 0.302. The second kappa shape index (κ2) is 6.59. The second-order valence-corrected chi connectivity index (χ2v) is 7.01. The number of hydrogen-bond acceptors (Lipinski definition) is 6. The first-order valence-electron chi connectivity index (χ1n) is 6.13. The summed E-state index contributed by atoms with van der Waals surface area (Å²) in [5.41, 5.74) is 0.454. The van der Waals surface area contributed by atoms with Crippen LogP contribution in [-0.4, -0.2) is 21.7 Å². The van der Waals surface area contributed by atoms with Crippen LogP contribution in [0.15, 0.2) is 34.2 Å². The zero-order chi connectivity index (χ0) is 14.7. The van der Waals surface area contributed by atoms with E-state index in [0.717, 1.165) is 22.4 Å². The number of nitrogens with zero attached hydrogens (tertiary/aromatic N) is 3. The zero-order valence-corrected chi connectivity index (χ0v) is 13.9. The van der Waals surface area contributed by atoms with Gasteiger partial charge in [0.1, 0.15) is 5.82 Å². The summed E-state index contributed by atoms with van der Waals surface area (Å²) in [6.45, 7) is 0.725. The van der Waals surface area contributed by atoms with E-state index in [4.69, 9.17) is 0 Å². The van der Waals surface area contributed by atoms with Gasteiger partial charge in [-0.15, -0.1) is 21.5 Å². The van der Waals surface area contributed by atoms with Gasteiger partial charge in [-0.3, -0.25) is 0 Å². The summed E-state index contributed by atoms with van der Waals surface area (Å²) in [6.07, 6.45) is 2.62. The summed E-state index contributed by atoms with van der Waals surface area (Å²) >= 11 is 6.29. The van der Waals surface area contributed by atoms with Crippen LogP contribution >= 0.6 is 38.6 Å². The first kappa shape index (κ1) is 14.6. The molecule has 1 N–H and O–H groups in total. The summed E-state index contributed by atoms with van der Waals surface area (Å²) in [5.74, 6) is -0.302. The molecule has 1 aromatic carbocycles. The van der Waals surface area contributed by atoms with E-state index in [2.05, 4.69) is 36.4 Å². The fourth-order valence-electron chi connectivity index (χ4n) is 1.72. The van der Waals surface area contributed by atoms with Crippen molar-refractivity contribution in [1.82, 2.24) is 15.2 Å². The zero-order valence-electron chi connectivity index (χ0n) is 10.7. The molecule has 0 atom stereocenters. The lowest BCUT2D eigenvalue weighted by Gasteiger charge is -1.99. The monoisotopic (exact) mass is 384 g/mol. The number of thiazole rings is 1. The summed E-state index contributed by atoms with van der Waals surface area (Å²) in [7, 11) is 0. The van der Waals surface area contributed by atoms with Crippen molar-refractivity contribution in [1.29, 1.82) is 0 Å². The van der Waals surface area contributed by atoms with E-state index in [9.17, 15) is 4.39 Å². The number of rotatable bonds is 5. The third-order valence-electron chi connectivity index (χ3n) is 2.68. The van der Waals surface area contributed by atoms with Crippen LogP contribution in [0.25, 0.3) is 10.6 Å². The molecule has 0 amide bonds. The first-order valence-corrected chi connectivity index (χ1v) is 8.62. The van der Waals surface area contributed by atoms with Crippen molar-refractivity contribution < 1.29 is 4.39 Å². The first-order chi connectivity index (χ1) is 10.2. The van der Waals surface area contributed by atoms with Gasteiger partial charge in [-0.2, -0.15) is 0 Å². The van der Waals surface area contributed by atoms with Gasteiger partial charge < -0.3 is 5.32 Å². The SMILES string of the molecule is Fc1ccc(Br)cc1-c1nnc(NCCc2nccs2)s1. The molecule has 21 heavy (non-hydrogen) atoms. The second-order valence-electron chi connectivity index (χ2n) is 4.14. The van der Waals surface area contributed by atoms with Crippen molar-refractivity contribution in [3.8, 4) is 10.6 Å². The van der Waals surface area contributed by atoms with E-state index in [1.807, 2.05) is 5.38 Å². The average Bonchev–Trinajstić information content (AvgIpc) is 3.13. The molecular weight excluding hydrogens is 375 g/mol. The third kappa shape index (κ3) is 3.63. The van der Waals surface area contributed by atoms with E-state index in [1.165, 1.54) is 17.4 Å². The van der Waals surface area contributed by atoms with E-state index in [1.54, 1.807) is 29.7 Å². The fraction of sp³-hybridized carbons (Fsp3) is 0.154. The Morgan fingerprint density at radius 1 is 1.29 bits per heavy atom. The molecule has 2 aromatic heterocycles. The molecule has 2 heterocycles. The van der Waals surface area contributed by atoms with E-state index in [-0.39, 0.29) is 5.82 Å². The largest absolute Gasteiger partial charge is 0.360 e. The Labute approximate surface area is 137 Å². The number of aromatic nitrogens is 3. The predicted molar refractivity (Wildman–Crippen MR) is 87.3 cm³/mol. The highest BCUT2D eigenvalue weighted by atomic mass is 79.9. The molecule has 4 nitrogen and oxygen atoms in total. The maximum absolute atomic E-state index is 13.8. The van der Waals surface area contributed by atoms with Crippen LogP contribution in [0.1, 0.15) is 5.01 Å². The molecule has 8 heteroatoms. The van der Waals surface area contributed by atoms with Gasteiger partial charge in [0.25, 0.3) is 0 Å². The smallest absolute Gasteiger partial charge is 0.206 e. The number of anilines is 1. The molecule has 0 saturated carbocycles. The Morgan fingerprint density at radius 2 is 2.19 bits per heavy atom. The number of hydrogen-bond donors (Lipinski definition) is 1. The lowest BCUT2D eigenvalue weighted by molar-refractivity contribution is 0.630. The standard InChI is InChI=1S/C13H10BrFN4S2/c14-8-1-2-10(15)9(7-8)12-18-19-13(21-12)17-4-3-11-16-5-6-20-11/h1-2,5-7H,3-4H2,(H,17,19). The van der Waals surface area contributed by atoms with Crippen LogP contribution in [0.2, 0.25) is 0 Å². The lowest BCUT2D eigenvalue weighted by Crippen LogP contribution is -2.04. The van der Waals surface area contributed by atoms with Gasteiger partial charge in [-0.1, -0.05) is 27.3 Å². The molecule has 0 fully saturated rings. The molecule has 0 spiro atoms. The van der Waals surface area contributed by atoms with Gasteiger partial charge in [0.2, 0.25) is 5.13 Å². The van der Waals surface area contributed by atoms with Crippen LogP contribution in [0.4, 0.5) is 9.52 Å². The molecule has 3 rings (SSSR count). The van der Waals surface area contributed by atoms with E-state index < -0.39 is 0 Å². The van der Waals surface area contributed by atoms with Crippen molar-refractivity contribution in [3.05, 3.63) is 45.1 Å². The van der Waals surface area contributed by atoms with Crippen molar-refractivity contribution in [2.24, 2.45) is 0 Å². The highest BCUT2D eigenvalue weighted by molar-refractivity contribution is 9.10. The van der Waals surface area contributed by atoms with Gasteiger partial charge in [0.15, 0.2) is 5.01 Å². The molecular formula is C13H10BrFN4S2. The topological polar surface area (TPSA) is 50.7 Å². The highest BCUT2D eigenvalue weighted by Gasteiger charge is 2.11. The number of benzene rings is 1. The third-order valence-corrected chi connectivity index (χ3v) is 4.93. The maximum Gasteiger partial charge on any atom is 0.206 e.